The summed E-state index contributed by atoms with van der Waals surface area (Å²) in [5, 5.41) is 15.6. The second kappa shape index (κ2) is 9.78. The van der Waals surface area contributed by atoms with E-state index in [1.807, 2.05) is 0 Å². The normalized spacial score (nSPS) is 8.91. The SMILES string of the molecule is O=C(O)/C=C\C(=O)O.[Cl][Cu][Cl]. The fraction of sp³-hybridized carbons (Fsp3) is 0. The molecule has 0 aliphatic heterocycles. The summed E-state index contributed by atoms with van der Waals surface area (Å²) >= 11 is 0.757. The van der Waals surface area contributed by atoms with Crippen molar-refractivity contribution in [2.24, 2.45) is 0 Å². The van der Waals surface area contributed by atoms with Crippen molar-refractivity contribution < 1.29 is 32.9 Å². The first-order valence-electron chi connectivity index (χ1n) is 1.99. The first kappa shape index (κ1) is 13.4. The van der Waals surface area contributed by atoms with Crippen LogP contribution < -0.4 is 0 Å². The van der Waals surface area contributed by atoms with E-state index in [9.17, 15) is 9.59 Å². The third kappa shape index (κ3) is 25.9. The van der Waals surface area contributed by atoms with Crippen LogP contribution in [0.2, 0.25) is 0 Å². The van der Waals surface area contributed by atoms with Crippen molar-refractivity contribution in [1.29, 1.82) is 0 Å². The van der Waals surface area contributed by atoms with Crippen molar-refractivity contribution in [1.82, 2.24) is 0 Å². The summed E-state index contributed by atoms with van der Waals surface area (Å²) in [6.45, 7) is 0. The number of hydrogen-bond donors (Lipinski definition) is 2. The van der Waals surface area contributed by atoms with Crippen LogP contribution >= 0.6 is 20.2 Å². The van der Waals surface area contributed by atoms with Gasteiger partial charge < -0.3 is 10.2 Å². The van der Waals surface area contributed by atoms with E-state index in [4.69, 9.17) is 10.2 Å². The molecule has 0 aliphatic carbocycles. The zero-order valence-corrected chi connectivity index (χ0v) is 7.38. The van der Waals surface area contributed by atoms with Crippen LogP contribution in [0.1, 0.15) is 0 Å². The van der Waals surface area contributed by atoms with E-state index in [2.05, 4.69) is 20.2 Å². The average molecular weight is 251 g/mol. The average Bonchev–Trinajstić information content (AvgIpc) is 1.85. The molecule has 69 valence electrons. The number of aliphatic carboxylic acids is 2. The first-order valence-corrected chi connectivity index (χ1v) is 4.59. The predicted molar refractivity (Wildman–Crippen MR) is 36.1 cm³/mol. The van der Waals surface area contributed by atoms with Gasteiger partial charge in [0, 0.05) is 12.2 Å². The van der Waals surface area contributed by atoms with Crippen LogP contribution in [0.3, 0.4) is 0 Å². The number of carbonyl (C=O) groups is 2. The second-order valence-corrected chi connectivity index (χ2v) is 2.61. The monoisotopic (exact) mass is 249 g/mol. The molecule has 0 saturated heterocycles. The van der Waals surface area contributed by atoms with Gasteiger partial charge in [-0.25, -0.2) is 9.59 Å². The number of halogens is 2. The Kier molecular flexibility index (Phi) is 11.9. The summed E-state index contributed by atoms with van der Waals surface area (Å²) in [6, 6.07) is 0. The Bertz CT molecular complexity index is 142. The standard InChI is InChI=1S/C4H4O4.2ClH.Cu/c5-3(6)1-2-4(7)8;;;/h1-2H,(H,5,6)(H,7,8);2*1H;/q;;;+2/p-2/b2-1-;;;. The van der Waals surface area contributed by atoms with Gasteiger partial charge >= 0.3 is 45.3 Å². The summed E-state index contributed by atoms with van der Waals surface area (Å²) in [4.78, 5) is 19.1. The zero-order valence-electron chi connectivity index (χ0n) is 4.92. The third-order valence-corrected chi connectivity index (χ3v) is 0.368. The van der Waals surface area contributed by atoms with E-state index in [-0.39, 0.29) is 0 Å². The van der Waals surface area contributed by atoms with E-state index in [1.165, 1.54) is 0 Å². The van der Waals surface area contributed by atoms with Crippen LogP contribution in [0.4, 0.5) is 0 Å². The number of hydrogen-bond acceptors (Lipinski definition) is 2. The molecule has 7 heteroatoms. The van der Waals surface area contributed by atoms with Crippen molar-refractivity contribution in [3.05, 3.63) is 12.2 Å². The molecule has 4 nitrogen and oxygen atoms in total. The predicted octanol–water partition coefficient (Wildman–Crippen LogP) is 1.09. The van der Waals surface area contributed by atoms with Gasteiger partial charge in [0.05, 0.1) is 0 Å². The van der Waals surface area contributed by atoms with Gasteiger partial charge in [0.25, 0.3) is 0 Å². The Morgan fingerprint density at radius 2 is 1.27 bits per heavy atom. The minimum atomic E-state index is -1.26. The van der Waals surface area contributed by atoms with Crippen LogP contribution in [0.25, 0.3) is 0 Å². The number of carboxylic acid groups (broad SMARTS) is 2. The molecule has 0 aromatic carbocycles. The molecule has 0 rings (SSSR count). The quantitative estimate of drug-likeness (QED) is 0.568. The van der Waals surface area contributed by atoms with Gasteiger partial charge in [-0.15, -0.1) is 0 Å². The molecule has 0 saturated carbocycles. The molecule has 0 bridgehead atoms. The Hall–Kier alpha value is -0.221. The molecule has 0 unspecified atom stereocenters. The van der Waals surface area contributed by atoms with Crippen LogP contribution in [0.5, 0.6) is 0 Å². The van der Waals surface area contributed by atoms with Crippen molar-refractivity contribution >= 4 is 32.1 Å². The molecule has 0 amide bonds. The van der Waals surface area contributed by atoms with Crippen molar-refractivity contribution in [3.8, 4) is 0 Å². The van der Waals surface area contributed by atoms with E-state index >= 15 is 0 Å². The van der Waals surface area contributed by atoms with Crippen molar-refractivity contribution in [3.63, 3.8) is 0 Å². The summed E-state index contributed by atoms with van der Waals surface area (Å²) < 4.78 is 0. The van der Waals surface area contributed by atoms with Crippen molar-refractivity contribution in [2.75, 3.05) is 0 Å². The summed E-state index contributed by atoms with van der Waals surface area (Å²) in [6.07, 6.45) is 1.12. The molecule has 0 heterocycles. The minimum absolute atomic E-state index is 0.558. The van der Waals surface area contributed by atoms with Crippen LogP contribution in [0, 0.1) is 0 Å². The van der Waals surface area contributed by atoms with E-state index < -0.39 is 11.9 Å². The van der Waals surface area contributed by atoms with Gasteiger partial charge in [0.2, 0.25) is 0 Å². The summed E-state index contributed by atoms with van der Waals surface area (Å²) in [5.74, 6) is -2.51. The number of carboxylic acids is 2. The maximum atomic E-state index is 9.55. The maximum absolute atomic E-state index is 9.55. The zero-order chi connectivity index (χ0) is 9.28. The molecule has 0 spiro atoms. The Morgan fingerprint density at radius 3 is 1.36 bits per heavy atom. The van der Waals surface area contributed by atoms with Crippen LogP contribution in [0.15, 0.2) is 12.2 Å². The molecule has 2 N–H and O–H groups in total. The van der Waals surface area contributed by atoms with Gasteiger partial charge in [-0.2, -0.15) is 0 Å². The Labute approximate surface area is 77.4 Å². The summed E-state index contributed by atoms with van der Waals surface area (Å²) in [7, 11) is 9.34. The van der Waals surface area contributed by atoms with Gasteiger partial charge in [0.1, 0.15) is 0 Å². The van der Waals surface area contributed by atoms with Crippen LogP contribution in [-0.4, -0.2) is 22.2 Å². The Balaban J connectivity index is 0. The van der Waals surface area contributed by atoms with Gasteiger partial charge in [-0.3, -0.25) is 0 Å². The summed E-state index contributed by atoms with van der Waals surface area (Å²) in [5.41, 5.74) is 0. The van der Waals surface area contributed by atoms with Gasteiger partial charge in [-0.1, -0.05) is 0 Å². The topological polar surface area (TPSA) is 74.6 Å². The van der Waals surface area contributed by atoms with E-state index in [0.717, 1.165) is 13.1 Å². The van der Waals surface area contributed by atoms with Crippen LogP contribution in [-0.2, 0) is 22.7 Å². The second-order valence-electron chi connectivity index (χ2n) is 1.05. The fourth-order valence-corrected chi connectivity index (χ4v) is 0.143. The van der Waals surface area contributed by atoms with Gasteiger partial charge in [0.15, 0.2) is 0 Å². The molecule has 0 aromatic heterocycles. The molecule has 11 heavy (non-hydrogen) atoms. The molecule has 0 atom stereocenters. The molecular formula is C4H4Cl2CuO4. The van der Waals surface area contributed by atoms with E-state index in [1.54, 1.807) is 0 Å². The molecule has 0 fully saturated rings. The first-order chi connectivity index (χ1) is 5.04. The molecule has 0 aliphatic rings. The van der Waals surface area contributed by atoms with Gasteiger partial charge in [-0.05, 0) is 0 Å². The molecular weight excluding hydrogens is 246 g/mol. The number of rotatable bonds is 2. The molecule has 0 aromatic rings. The molecule has 0 radical (unpaired) electrons. The van der Waals surface area contributed by atoms with Crippen molar-refractivity contribution in [2.45, 2.75) is 0 Å². The van der Waals surface area contributed by atoms with E-state index in [0.29, 0.717) is 12.2 Å². The fourth-order valence-electron chi connectivity index (χ4n) is 0.143. The third-order valence-electron chi connectivity index (χ3n) is 0.368. The Morgan fingerprint density at radius 1 is 1.09 bits per heavy atom.